The van der Waals surface area contributed by atoms with Gasteiger partial charge in [-0.05, 0) is 18.6 Å². The second kappa shape index (κ2) is 5.70. The zero-order valence-corrected chi connectivity index (χ0v) is 8.92. The molecule has 1 aromatic carbocycles. The number of rotatable bonds is 4. The van der Waals surface area contributed by atoms with Gasteiger partial charge in [-0.2, -0.15) is 0 Å². The molecule has 0 bridgehead atoms. The van der Waals surface area contributed by atoms with Crippen molar-refractivity contribution in [3.63, 3.8) is 0 Å². The molecule has 1 aromatic rings. The molecule has 0 aliphatic rings. The Morgan fingerprint density at radius 3 is 2.50 bits per heavy atom. The standard InChI is InChI=1S/C12H13NO3/c1-9(12(13)15)16-11(14)8-7-10-5-3-2-4-6-10/h2-9H,1H3,(H2,13,15). The Morgan fingerprint density at radius 1 is 1.31 bits per heavy atom. The zero-order valence-electron chi connectivity index (χ0n) is 8.92. The summed E-state index contributed by atoms with van der Waals surface area (Å²) in [5.41, 5.74) is 5.83. The highest BCUT2D eigenvalue weighted by molar-refractivity contribution is 5.89. The van der Waals surface area contributed by atoms with Gasteiger partial charge in [0.15, 0.2) is 6.10 Å². The Hall–Kier alpha value is -2.10. The fraction of sp³-hybridized carbons (Fsp3) is 0.167. The summed E-state index contributed by atoms with van der Waals surface area (Å²) in [6.45, 7) is 1.43. The van der Waals surface area contributed by atoms with Gasteiger partial charge in [-0.1, -0.05) is 30.3 Å². The van der Waals surface area contributed by atoms with Crippen LogP contribution in [0.15, 0.2) is 36.4 Å². The van der Waals surface area contributed by atoms with Gasteiger partial charge in [0.05, 0.1) is 0 Å². The second-order valence-electron chi connectivity index (χ2n) is 3.23. The molecule has 0 fully saturated rings. The first-order valence-corrected chi connectivity index (χ1v) is 4.82. The first-order chi connectivity index (χ1) is 7.59. The second-order valence-corrected chi connectivity index (χ2v) is 3.23. The number of hydrogen-bond acceptors (Lipinski definition) is 3. The fourth-order valence-corrected chi connectivity index (χ4v) is 1.00. The van der Waals surface area contributed by atoms with Crippen LogP contribution in [0.3, 0.4) is 0 Å². The Kier molecular flexibility index (Phi) is 4.27. The molecule has 4 nitrogen and oxygen atoms in total. The molecule has 16 heavy (non-hydrogen) atoms. The lowest BCUT2D eigenvalue weighted by molar-refractivity contribution is -0.148. The maximum Gasteiger partial charge on any atom is 0.331 e. The molecule has 0 spiro atoms. The highest BCUT2D eigenvalue weighted by atomic mass is 16.5. The van der Waals surface area contributed by atoms with Crippen LogP contribution in [0, 0.1) is 0 Å². The highest BCUT2D eigenvalue weighted by Crippen LogP contribution is 2.01. The molecule has 1 amide bonds. The Labute approximate surface area is 93.7 Å². The largest absolute Gasteiger partial charge is 0.449 e. The van der Waals surface area contributed by atoms with Crippen LogP contribution in [-0.4, -0.2) is 18.0 Å². The van der Waals surface area contributed by atoms with Crippen molar-refractivity contribution in [3.8, 4) is 0 Å². The summed E-state index contributed by atoms with van der Waals surface area (Å²) < 4.78 is 4.73. The minimum absolute atomic E-state index is 0.588. The lowest BCUT2D eigenvalue weighted by atomic mass is 10.2. The lowest BCUT2D eigenvalue weighted by Gasteiger charge is -2.06. The van der Waals surface area contributed by atoms with Crippen molar-refractivity contribution in [1.29, 1.82) is 0 Å². The van der Waals surface area contributed by atoms with Gasteiger partial charge in [-0.25, -0.2) is 4.79 Å². The van der Waals surface area contributed by atoms with Crippen molar-refractivity contribution in [2.24, 2.45) is 5.73 Å². The van der Waals surface area contributed by atoms with Crippen LogP contribution in [0.4, 0.5) is 0 Å². The molecule has 1 atom stereocenters. The van der Waals surface area contributed by atoms with Crippen LogP contribution in [0.5, 0.6) is 0 Å². The Bertz CT molecular complexity index is 398. The summed E-state index contributed by atoms with van der Waals surface area (Å²) in [5, 5.41) is 0. The SMILES string of the molecule is CC(OC(=O)C=Cc1ccccc1)C(N)=O. The van der Waals surface area contributed by atoms with E-state index in [0.717, 1.165) is 5.56 Å². The van der Waals surface area contributed by atoms with E-state index in [9.17, 15) is 9.59 Å². The van der Waals surface area contributed by atoms with Crippen molar-refractivity contribution in [2.75, 3.05) is 0 Å². The highest BCUT2D eigenvalue weighted by Gasteiger charge is 2.11. The van der Waals surface area contributed by atoms with E-state index in [1.807, 2.05) is 30.3 Å². The average molecular weight is 219 g/mol. The van der Waals surface area contributed by atoms with E-state index in [1.165, 1.54) is 13.0 Å². The number of primary amides is 1. The van der Waals surface area contributed by atoms with E-state index in [-0.39, 0.29) is 0 Å². The van der Waals surface area contributed by atoms with Gasteiger partial charge >= 0.3 is 5.97 Å². The molecule has 0 radical (unpaired) electrons. The van der Waals surface area contributed by atoms with E-state index < -0.39 is 18.0 Å². The number of hydrogen-bond donors (Lipinski definition) is 1. The minimum atomic E-state index is -0.909. The number of ether oxygens (including phenoxy) is 1. The molecule has 0 aromatic heterocycles. The molecule has 0 aliphatic carbocycles. The van der Waals surface area contributed by atoms with Crippen LogP contribution in [0.25, 0.3) is 6.08 Å². The van der Waals surface area contributed by atoms with E-state index >= 15 is 0 Å². The maximum absolute atomic E-state index is 11.2. The quantitative estimate of drug-likeness (QED) is 0.609. The first kappa shape index (κ1) is 12.0. The number of carbonyl (C=O) groups excluding carboxylic acids is 2. The molecule has 0 saturated carbocycles. The number of nitrogens with two attached hydrogens (primary N) is 1. The van der Waals surface area contributed by atoms with Crippen LogP contribution < -0.4 is 5.73 Å². The molecule has 2 N–H and O–H groups in total. The van der Waals surface area contributed by atoms with Crippen LogP contribution in [0.1, 0.15) is 12.5 Å². The van der Waals surface area contributed by atoms with Gasteiger partial charge in [0.1, 0.15) is 0 Å². The summed E-state index contributed by atoms with van der Waals surface area (Å²) in [5.74, 6) is -1.25. The lowest BCUT2D eigenvalue weighted by Crippen LogP contribution is -2.29. The monoisotopic (exact) mass is 219 g/mol. The molecule has 0 aliphatic heterocycles. The third-order valence-corrected chi connectivity index (χ3v) is 1.91. The number of carbonyl (C=O) groups is 2. The van der Waals surface area contributed by atoms with Gasteiger partial charge in [0.25, 0.3) is 5.91 Å². The molecule has 4 heteroatoms. The van der Waals surface area contributed by atoms with Gasteiger partial charge in [0.2, 0.25) is 0 Å². The molecule has 84 valence electrons. The minimum Gasteiger partial charge on any atom is -0.449 e. The molecular weight excluding hydrogens is 206 g/mol. The molecule has 0 saturated heterocycles. The van der Waals surface area contributed by atoms with Gasteiger partial charge in [0, 0.05) is 6.08 Å². The van der Waals surface area contributed by atoms with Gasteiger partial charge < -0.3 is 10.5 Å². The number of benzene rings is 1. The summed E-state index contributed by atoms with van der Waals surface area (Å²) >= 11 is 0. The van der Waals surface area contributed by atoms with Crippen molar-refractivity contribution in [1.82, 2.24) is 0 Å². The van der Waals surface area contributed by atoms with Crippen LogP contribution in [0.2, 0.25) is 0 Å². The van der Waals surface area contributed by atoms with Crippen molar-refractivity contribution in [2.45, 2.75) is 13.0 Å². The fourth-order valence-electron chi connectivity index (χ4n) is 1.00. The normalized spacial score (nSPS) is 12.3. The summed E-state index contributed by atoms with van der Waals surface area (Å²) in [4.78, 5) is 21.8. The first-order valence-electron chi connectivity index (χ1n) is 4.82. The van der Waals surface area contributed by atoms with E-state index in [0.29, 0.717) is 0 Å². The number of esters is 1. The molecular formula is C12H13NO3. The number of amides is 1. The summed E-state index contributed by atoms with van der Waals surface area (Å²) in [7, 11) is 0. The van der Waals surface area contributed by atoms with Crippen molar-refractivity contribution in [3.05, 3.63) is 42.0 Å². The summed E-state index contributed by atoms with van der Waals surface area (Å²) in [6.07, 6.45) is 1.96. The third-order valence-electron chi connectivity index (χ3n) is 1.91. The predicted molar refractivity (Wildman–Crippen MR) is 60.2 cm³/mol. The average Bonchev–Trinajstić information content (AvgIpc) is 2.27. The predicted octanol–water partition coefficient (Wildman–Crippen LogP) is 1.12. The third kappa shape index (κ3) is 3.96. The summed E-state index contributed by atoms with van der Waals surface area (Å²) in [6, 6.07) is 9.29. The van der Waals surface area contributed by atoms with Crippen molar-refractivity contribution >= 4 is 18.0 Å². The molecule has 1 unspecified atom stereocenters. The van der Waals surface area contributed by atoms with E-state index in [1.54, 1.807) is 6.08 Å². The van der Waals surface area contributed by atoms with Crippen molar-refractivity contribution < 1.29 is 14.3 Å². The van der Waals surface area contributed by atoms with Gasteiger partial charge in [-0.3, -0.25) is 4.79 Å². The van der Waals surface area contributed by atoms with Gasteiger partial charge in [-0.15, -0.1) is 0 Å². The zero-order chi connectivity index (χ0) is 12.0. The molecule has 1 rings (SSSR count). The topological polar surface area (TPSA) is 69.4 Å². The van der Waals surface area contributed by atoms with Crippen LogP contribution >= 0.6 is 0 Å². The Balaban J connectivity index is 2.52. The molecule has 0 heterocycles. The smallest absolute Gasteiger partial charge is 0.331 e. The van der Waals surface area contributed by atoms with Crippen LogP contribution in [-0.2, 0) is 14.3 Å². The Morgan fingerprint density at radius 2 is 1.94 bits per heavy atom. The van der Waals surface area contributed by atoms with E-state index in [4.69, 9.17) is 10.5 Å². The maximum atomic E-state index is 11.2. The van der Waals surface area contributed by atoms with E-state index in [2.05, 4.69) is 0 Å².